The van der Waals surface area contributed by atoms with Crippen LogP contribution in [0.1, 0.15) is 15.9 Å². The first-order valence-electron chi connectivity index (χ1n) is 9.20. The van der Waals surface area contributed by atoms with E-state index >= 15 is 0 Å². The second-order valence-electron chi connectivity index (χ2n) is 6.62. The Labute approximate surface area is 162 Å². The molecule has 2 N–H and O–H groups in total. The summed E-state index contributed by atoms with van der Waals surface area (Å²) in [7, 11) is 0. The molecule has 2 fully saturated rings. The molecule has 0 radical (unpaired) electrons. The second-order valence-corrected chi connectivity index (χ2v) is 6.62. The van der Waals surface area contributed by atoms with Gasteiger partial charge < -0.3 is 20.0 Å². The molecule has 2 aliphatic rings. The number of ketones is 1. The van der Waals surface area contributed by atoms with Crippen LogP contribution in [0.2, 0.25) is 0 Å². The predicted molar refractivity (Wildman–Crippen MR) is 98.1 cm³/mol. The van der Waals surface area contributed by atoms with Crippen molar-refractivity contribution < 1.29 is 28.6 Å². The molecule has 0 spiro atoms. The van der Waals surface area contributed by atoms with Gasteiger partial charge in [0.05, 0.1) is 32.0 Å². The fraction of sp³-hybridized carbons (Fsp3) is 0.474. The zero-order valence-corrected chi connectivity index (χ0v) is 15.5. The van der Waals surface area contributed by atoms with E-state index in [1.165, 1.54) is 12.1 Å². The third-order valence-corrected chi connectivity index (χ3v) is 4.66. The Morgan fingerprint density at radius 2 is 1.75 bits per heavy atom. The summed E-state index contributed by atoms with van der Waals surface area (Å²) in [5.41, 5.74) is 2.78. The third kappa shape index (κ3) is 5.35. The minimum Gasteiger partial charge on any atom is -0.477 e. The smallest absolute Gasteiger partial charge is 0.341 e. The van der Waals surface area contributed by atoms with E-state index in [-0.39, 0.29) is 5.56 Å². The van der Waals surface area contributed by atoms with Crippen molar-refractivity contribution in [2.75, 3.05) is 52.6 Å². The second kappa shape index (κ2) is 9.74. The summed E-state index contributed by atoms with van der Waals surface area (Å²) in [4.78, 5) is 26.4. The molecule has 0 unspecified atom stereocenters. The lowest BCUT2D eigenvalue weighted by atomic mass is 10.0. The van der Waals surface area contributed by atoms with Gasteiger partial charge in [-0.25, -0.2) is 14.2 Å². The van der Waals surface area contributed by atoms with Crippen LogP contribution in [0.3, 0.4) is 0 Å². The Balaban J connectivity index is 1.75. The molecule has 9 heteroatoms. The Morgan fingerprint density at radius 3 is 2.39 bits per heavy atom. The number of carbonyl (C=O) groups excluding carboxylic acids is 1. The van der Waals surface area contributed by atoms with Gasteiger partial charge >= 0.3 is 5.97 Å². The molecule has 0 saturated carbocycles. The average molecular weight is 393 g/mol. The maximum Gasteiger partial charge on any atom is 0.341 e. The summed E-state index contributed by atoms with van der Waals surface area (Å²) in [6, 6.07) is 4.24. The number of nitrogens with zero attached hydrogens (tertiary/aromatic N) is 2. The number of carboxylic acid groups (broad SMARTS) is 1. The molecule has 8 nitrogen and oxygen atoms in total. The molecule has 0 bridgehead atoms. The van der Waals surface area contributed by atoms with Gasteiger partial charge in [-0.05, 0) is 17.7 Å². The number of carbonyl (C=O) groups is 2. The topological polar surface area (TPSA) is 91.3 Å². The third-order valence-electron chi connectivity index (χ3n) is 4.66. The first-order valence-corrected chi connectivity index (χ1v) is 9.20. The molecule has 1 aromatic rings. The van der Waals surface area contributed by atoms with Gasteiger partial charge in [0.1, 0.15) is 11.4 Å². The summed E-state index contributed by atoms with van der Waals surface area (Å²) < 4.78 is 24.8. The van der Waals surface area contributed by atoms with Gasteiger partial charge in [-0.15, -0.1) is 0 Å². The molecule has 3 rings (SSSR count). The Kier molecular flexibility index (Phi) is 7.10. The average Bonchev–Trinajstić information content (AvgIpc) is 2.71. The SMILES string of the molecule is O=C(O)/C(=C\NN1CCOCC1)C(=O)c1cc(CN2CCOCC2)ccc1F. The fourth-order valence-electron chi connectivity index (χ4n) is 3.08. The summed E-state index contributed by atoms with van der Waals surface area (Å²) in [5, 5.41) is 11.2. The molecular weight excluding hydrogens is 369 g/mol. The lowest BCUT2D eigenvalue weighted by molar-refractivity contribution is -0.132. The van der Waals surface area contributed by atoms with Crippen LogP contribution in [0.4, 0.5) is 4.39 Å². The number of hydrogen-bond donors (Lipinski definition) is 2. The van der Waals surface area contributed by atoms with Gasteiger partial charge in [-0.1, -0.05) is 6.07 Å². The van der Waals surface area contributed by atoms with Crippen molar-refractivity contribution in [3.63, 3.8) is 0 Å². The number of aliphatic carboxylic acids is 1. The normalized spacial score (nSPS) is 19.4. The van der Waals surface area contributed by atoms with E-state index in [1.807, 2.05) is 0 Å². The zero-order valence-electron chi connectivity index (χ0n) is 15.5. The molecule has 0 aliphatic carbocycles. The van der Waals surface area contributed by atoms with Crippen LogP contribution in [0.5, 0.6) is 0 Å². The highest BCUT2D eigenvalue weighted by molar-refractivity contribution is 6.23. The molecule has 0 atom stereocenters. The molecular formula is C19H24FN3O5. The van der Waals surface area contributed by atoms with Crippen molar-refractivity contribution in [2.24, 2.45) is 0 Å². The minimum absolute atomic E-state index is 0.247. The van der Waals surface area contributed by atoms with Crippen LogP contribution in [-0.2, 0) is 20.8 Å². The van der Waals surface area contributed by atoms with Crippen molar-refractivity contribution in [3.05, 3.63) is 46.9 Å². The van der Waals surface area contributed by atoms with Crippen LogP contribution in [-0.4, -0.2) is 79.4 Å². The van der Waals surface area contributed by atoms with E-state index in [2.05, 4.69) is 10.3 Å². The largest absolute Gasteiger partial charge is 0.477 e. The van der Waals surface area contributed by atoms with E-state index in [0.29, 0.717) is 46.1 Å². The summed E-state index contributed by atoms with van der Waals surface area (Å²) in [6.45, 7) is 5.45. The maximum absolute atomic E-state index is 14.3. The fourth-order valence-corrected chi connectivity index (χ4v) is 3.08. The van der Waals surface area contributed by atoms with Gasteiger partial charge in [0.15, 0.2) is 0 Å². The van der Waals surface area contributed by atoms with Crippen molar-refractivity contribution in [3.8, 4) is 0 Å². The summed E-state index contributed by atoms with van der Waals surface area (Å²) >= 11 is 0. The molecule has 0 amide bonds. The van der Waals surface area contributed by atoms with E-state index in [0.717, 1.165) is 24.9 Å². The molecule has 2 heterocycles. The molecule has 2 saturated heterocycles. The van der Waals surface area contributed by atoms with Gasteiger partial charge in [0, 0.05) is 38.9 Å². The van der Waals surface area contributed by atoms with Crippen LogP contribution in [0, 0.1) is 5.82 Å². The molecule has 28 heavy (non-hydrogen) atoms. The van der Waals surface area contributed by atoms with E-state index < -0.39 is 23.1 Å². The predicted octanol–water partition coefficient (Wildman–Crippen LogP) is 0.646. The highest BCUT2D eigenvalue weighted by atomic mass is 19.1. The van der Waals surface area contributed by atoms with E-state index in [4.69, 9.17) is 9.47 Å². The number of ether oxygens (including phenoxy) is 2. The number of carboxylic acids is 1. The first-order chi connectivity index (χ1) is 13.5. The lowest BCUT2D eigenvalue weighted by Gasteiger charge is -2.27. The van der Waals surface area contributed by atoms with Crippen LogP contribution >= 0.6 is 0 Å². The standard InChI is InChI=1S/C19H24FN3O5/c20-17-2-1-14(13-22-3-7-27-8-4-22)11-15(17)18(24)16(19(25)26)12-21-23-5-9-28-10-6-23/h1-2,11-12,21H,3-10,13H2,(H,25,26)/b16-12-. The monoisotopic (exact) mass is 393 g/mol. The van der Waals surface area contributed by atoms with Crippen molar-refractivity contribution in [1.29, 1.82) is 0 Å². The molecule has 2 aliphatic heterocycles. The number of rotatable bonds is 7. The van der Waals surface area contributed by atoms with Crippen LogP contribution in [0.25, 0.3) is 0 Å². The van der Waals surface area contributed by atoms with Crippen LogP contribution < -0.4 is 5.43 Å². The number of nitrogens with one attached hydrogen (secondary N) is 1. The summed E-state index contributed by atoms with van der Waals surface area (Å²) in [6.07, 6.45) is 1.12. The van der Waals surface area contributed by atoms with Crippen molar-refractivity contribution in [2.45, 2.75) is 6.54 Å². The molecule has 152 valence electrons. The highest BCUT2D eigenvalue weighted by Gasteiger charge is 2.24. The highest BCUT2D eigenvalue weighted by Crippen LogP contribution is 2.17. The van der Waals surface area contributed by atoms with Crippen molar-refractivity contribution >= 4 is 11.8 Å². The van der Waals surface area contributed by atoms with E-state index in [1.54, 1.807) is 11.1 Å². The van der Waals surface area contributed by atoms with Gasteiger partial charge in [0.25, 0.3) is 0 Å². The molecule has 1 aromatic carbocycles. The number of Topliss-reactive ketones (excluding diaryl/α,β-unsaturated/α-hetero) is 1. The Hall–Kier alpha value is -2.33. The first kappa shape index (κ1) is 20.4. The van der Waals surface area contributed by atoms with E-state index in [9.17, 15) is 19.1 Å². The quantitative estimate of drug-likeness (QED) is 0.302. The lowest BCUT2D eigenvalue weighted by Crippen LogP contribution is -2.43. The number of hydrazine groups is 1. The van der Waals surface area contributed by atoms with Crippen LogP contribution in [0.15, 0.2) is 30.0 Å². The van der Waals surface area contributed by atoms with Gasteiger partial charge in [0.2, 0.25) is 5.78 Å². The molecule has 0 aromatic heterocycles. The van der Waals surface area contributed by atoms with Gasteiger partial charge in [-0.3, -0.25) is 9.69 Å². The maximum atomic E-state index is 14.3. The Morgan fingerprint density at radius 1 is 1.11 bits per heavy atom. The number of halogens is 1. The van der Waals surface area contributed by atoms with Crippen molar-refractivity contribution in [1.82, 2.24) is 15.3 Å². The number of morpholine rings is 2. The summed E-state index contributed by atoms with van der Waals surface area (Å²) in [5.74, 6) is -3.02. The zero-order chi connectivity index (χ0) is 19.9. The minimum atomic E-state index is -1.41. The number of benzene rings is 1. The number of hydrogen-bond acceptors (Lipinski definition) is 7. The Bertz CT molecular complexity index is 743. The van der Waals surface area contributed by atoms with Gasteiger partial charge in [-0.2, -0.15) is 0 Å².